The van der Waals surface area contributed by atoms with E-state index < -0.39 is 16.1 Å². The Morgan fingerprint density at radius 1 is 1.30 bits per heavy atom. The number of carbonyl (C=O) groups is 1. The third kappa shape index (κ3) is 4.29. The third-order valence-corrected chi connectivity index (χ3v) is 4.31. The molecular formula is C13H21N3O3S. The summed E-state index contributed by atoms with van der Waals surface area (Å²) in [6.07, 6.45) is 1.33. The van der Waals surface area contributed by atoms with Gasteiger partial charge in [-0.3, -0.25) is 4.79 Å². The average molecular weight is 299 g/mol. The molecular weight excluding hydrogens is 278 g/mol. The van der Waals surface area contributed by atoms with Crippen molar-refractivity contribution in [2.75, 3.05) is 11.9 Å². The minimum atomic E-state index is -3.63. The second-order valence-corrected chi connectivity index (χ2v) is 6.12. The van der Waals surface area contributed by atoms with E-state index in [4.69, 9.17) is 5.73 Å². The summed E-state index contributed by atoms with van der Waals surface area (Å²) in [7, 11) is -3.63. The first-order valence-electron chi connectivity index (χ1n) is 6.57. The van der Waals surface area contributed by atoms with E-state index in [0.717, 1.165) is 6.42 Å². The molecule has 0 saturated carbocycles. The second kappa shape index (κ2) is 7.37. The SMILES string of the molecule is CCC[C@@H](N)C(=O)Nc1ccccc1S(=O)(=O)NCC. The van der Waals surface area contributed by atoms with Crippen molar-refractivity contribution in [3.63, 3.8) is 0 Å². The Labute approximate surface area is 119 Å². The maximum Gasteiger partial charge on any atom is 0.242 e. The Morgan fingerprint density at radius 3 is 2.55 bits per heavy atom. The molecule has 0 unspecified atom stereocenters. The van der Waals surface area contributed by atoms with Gasteiger partial charge in [0.15, 0.2) is 0 Å². The molecule has 1 amide bonds. The summed E-state index contributed by atoms with van der Waals surface area (Å²) in [6.45, 7) is 3.90. The van der Waals surface area contributed by atoms with Gasteiger partial charge in [-0.25, -0.2) is 13.1 Å². The fourth-order valence-electron chi connectivity index (χ4n) is 1.74. The van der Waals surface area contributed by atoms with Crippen molar-refractivity contribution in [1.29, 1.82) is 0 Å². The summed E-state index contributed by atoms with van der Waals surface area (Å²) in [5.74, 6) is -0.383. The van der Waals surface area contributed by atoms with Crippen LogP contribution in [0.25, 0.3) is 0 Å². The number of benzene rings is 1. The van der Waals surface area contributed by atoms with Crippen LogP contribution in [0.15, 0.2) is 29.2 Å². The Kier molecular flexibility index (Phi) is 6.12. The molecule has 1 rings (SSSR count). The Balaban J connectivity index is 3.00. The molecule has 0 aliphatic carbocycles. The monoisotopic (exact) mass is 299 g/mol. The molecule has 0 spiro atoms. The number of nitrogens with one attached hydrogen (secondary N) is 2. The van der Waals surface area contributed by atoms with Crippen LogP contribution in [0.1, 0.15) is 26.7 Å². The van der Waals surface area contributed by atoms with Gasteiger partial charge in [0.2, 0.25) is 15.9 Å². The van der Waals surface area contributed by atoms with Crippen molar-refractivity contribution in [3.8, 4) is 0 Å². The van der Waals surface area contributed by atoms with Gasteiger partial charge in [0.05, 0.1) is 11.7 Å². The molecule has 0 radical (unpaired) electrons. The number of para-hydroxylation sites is 1. The average Bonchev–Trinajstić information content (AvgIpc) is 2.39. The van der Waals surface area contributed by atoms with E-state index >= 15 is 0 Å². The predicted octanol–water partition coefficient (Wildman–Crippen LogP) is 1.05. The standard InChI is InChI=1S/C13H21N3O3S/c1-3-7-10(14)13(17)16-11-8-5-6-9-12(11)20(18,19)15-4-2/h5-6,8-10,15H,3-4,7,14H2,1-2H3,(H,16,17)/t10-/m1/s1. The van der Waals surface area contributed by atoms with E-state index in [0.29, 0.717) is 6.42 Å². The fourth-order valence-corrected chi connectivity index (χ4v) is 2.94. The first-order valence-corrected chi connectivity index (χ1v) is 8.05. The molecule has 112 valence electrons. The molecule has 6 nitrogen and oxygen atoms in total. The Hall–Kier alpha value is -1.44. The van der Waals surface area contributed by atoms with Crippen molar-refractivity contribution >= 4 is 21.6 Å². The highest BCUT2D eigenvalue weighted by molar-refractivity contribution is 7.89. The smallest absolute Gasteiger partial charge is 0.242 e. The molecule has 0 bridgehead atoms. The van der Waals surface area contributed by atoms with Crippen molar-refractivity contribution in [3.05, 3.63) is 24.3 Å². The molecule has 0 aliphatic rings. The van der Waals surface area contributed by atoms with Crippen molar-refractivity contribution < 1.29 is 13.2 Å². The van der Waals surface area contributed by atoms with Gasteiger partial charge in [-0.15, -0.1) is 0 Å². The largest absolute Gasteiger partial charge is 0.324 e. The van der Waals surface area contributed by atoms with Crippen LogP contribution in [0.2, 0.25) is 0 Å². The number of nitrogens with two attached hydrogens (primary N) is 1. The number of carbonyl (C=O) groups excluding carboxylic acids is 1. The van der Waals surface area contributed by atoms with E-state index in [-0.39, 0.29) is 23.0 Å². The predicted molar refractivity (Wildman–Crippen MR) is 78.8 cm³/mol. The van der Waals surface area contributed by atoms with Gasteiger partial charge in [-0.05, 0) is 18.6 Å². The van der Waals surface area contributed by atoms with E-state index in [2.05, 4.69) is 10.0 Å². The topological polar surface area (TPSA) is 101 Å². The lowest BCUT2D eigenvalue weighted by Gasteiger charge is -2.14. The van der Waals surface area contributed by atoms with E-state index in [1.165, 1.54) is 6.07 Å². The van der Waals surface area contributed by atoms with Gasteiger partial charge in [-0.1, -0.05) is 32.4 Å². The number of anilines is 1. The quantitative estimate of drug-likeness (QED) is 0.700. The van der Waals surface area contributed by atoms with Crippen molar-refractivity contribution in [1.82, 2.24) is 4.72 Å². The van der Waals surface area contributed by atoms with Crippen LogP contribution in [0.4, 0.5) is 5.69 Å². The Morgan fingerprint density at radius 2 is 1.95 bits per heavy atom. The normalized spacial score (nSPS) is 12.9. The number of sulfonamides is 1. The van der Waals surface area contributed by atoms with Gasteiger partial charge in [0.1, 0.15) is 4.90 Å². The minimum absolute atomic E-state index is 0.0406. The van der Waals surface area contributed by atoms with Crippen LogP contribution in [-0.2, 0) is 14.8 Å². The number of hydrogen-bond acceptors (Lipinski definition) is 4. The van der Waals surface area contributed by atoms with Crippen molar-refractivity contribution in [2.24, 2.45) is 5.73 Å². The number of hydrogen-bond donors (Lipinski definition) is 3. The highest BCUT2D eigenvalue weighted by Crippen LogP contribution is 2.20. The first-order chi connectivity index (χ1) is 9.42. The van der Waals surface area contributed by atoms with Gasteiger partial charge < -0.3 is 11.1 Å². The maximum absolute atomic E-state index is 12.0. The van der Waals surface area contributed by atoms with Gasteiger partial charge in [0, 0.05) is 6.54 Å². The fraction of sp³-hybridized carbons (Fsp3) is 0.462. The first kappa shape index (κ1) is 16.6. The summed E-state index contributed by atoms with van der Waals surface area (Å²) in [4.78, 5) is 11.9. The Bertz CT molecular complexity index is 558. The van der Waals surface area contributed by atoms with Crippen LogP contribution in [-0.4, -0.2) is 26.9 Å². The molecule has 4 N–H and O–H groups in total. The van der Waals surface area contributed by atoms with Gasteiger partial charge in [-0.2, -0.15) is 0 Å². The summed E-state index contributed by atoms with van der Waals surface area (Å²) in [5, 5.41) is 2.58. The molecule has 1 aromatic carbocycles. The van der Waals surface area contributed by atoms with Crippen LogP contribution in [0.5, 0.6) is 0 Å². The molecule has 0 heterocycles. The molecule has 1 atom stereocenters. The summed E-state index contributed by atoms with van der Waals surface area (Å²) in [5.41, 5.74) is 5.96. The molecule has 0 aromatic heterocycles. The molecule has 0 aliphatic heterocycles. The minimum Gasteiger partial charge on any atom is -0.324 e. The van der Waals surface area contributed by atoms with Gasteiger partial charge in [0.25, 0.3) is 0 Å². The maximum atomic E-state index is 12.0. The van der Waals surface area contributed by atoms with Gasteiger partial charge >= 0.3 is 0 Å². The molecule has 7 heteroatoms. The highest BCUT2D eigenvalue weighted by Gasteiger charge is 2.20. The summed E-state index contributed by atoms with van der Waals surface area (Å²) in [6, 6.07) is 5.60. The van der Waals surface area contributed by atoms with Crippen molar-refractivity contribution in [2.45, 2.75) is 37.6 Å². The zero-order chi connectivity index (χ0) is 15.2. The second-order valence-electron chi connectivity index (χ2n) is 4.38. The lowest BCUT2D eigenvalue weighted by molar-refractivity contribution is -0.117. The molecule has 0 saturated heterocycles. The summed E-state index contributed by atoms with van der Waals surface area (Å²) >= 11 is 0. The lowest BCUT2D eigenvalue weighted by Crippen LogP contribution is -2.36. The third-order valence-electron chi connectivity index (χ3n) is 2.71. The lowest BCUT2D eigenvalue weighted by atomic mass is 10.1. The molecule has 20 heavy (non-hydrogen) atoms. The van der Waals surface area contributed by atoms with E-state index in [9.17, 15) is 13.2 Å². The number of amides is 1. The van der Waals surface area contributed by atoms with Crippen LogP contribution in [0, 0.1) is 0 Å². The number of rotatable bonds is 7. The molecule has 1 aromatic rings. The van der Waals surface area contributed by atoms with Crippen LogP contribution >= 0.6 is 0 Å². The zero-order valence-electron chi connectivity index (χ0n) is 11.7. The zero-order valence-corrected chi connectivity index (χ0v) is 12.5. The molecule has 0 fully saturated rings. The highest BCUT2D eigenvalue weighted by atomic mass is 32.2. The van der Waals surface area contributed by atoms with E-state index in [1.54, 1.807) is 25.1 Å². The summed E-state index contributed by atoms with van der Waals surface area (Å²) < 4.78 is 26.5. The van der Waals surface area contributed by atoms with E-state index in [1.807, 2.05) is 6.92 Å². The van der Waals surface area contributed by atoms with Crippen LogP contribution in [0.3, 0.4) is 0 Å². The van der Waals surface area contributed by atoms with Crippen LogP contribution < -0.4 is 15.8 Å².